The van der Waals surface area contributed by atoms with Crippen molar-refractivity contribution in [2.45, 2.75) is 32.1 Å². The zero-order chi connectivity index (χ0) is 20.7. The average molecular weight is 416 g/mol. The number of halogens is 3. The van der Waals surface area contributed by atoms with Crippen LogP contribution in [0, 0.1) is 0 Å². The molecule has 0 saturated carbocycles. The number of rotatable bonds is 9. The molecule has 0 saturated heterocycles. The van der Waals surface area contributed by atoms with Crippen molar-refractivity contribution in [3.8, 4) is 5.75 Å². The second-order valence-corrected chi connectivity index (χ2v) is 7.14. The molecule has 0 bridgehead atoms. The number of hydrogen-bond acceptors (Lipinski definition) is 5. The van der Waals surface area contributed by atoms with Crippen LogP contribution in [0.1, 0.15) is 30.3 Å². The van der Waals surface area contributed by atoms with Gasteiger partial charge in [0.15, 0.2) is 0 Å². The van der Waals surface area contributed by atoms with E-state index in [4.69, 9.17) is 9.47 Å². The predicted octanol–water partition coefficient (Wildman–Crippen LogP) is 4.47. The van der Waals surface area contributed by atoms with Crippen LogP contribution in [0.5, 0.6) is 5.75 Å². The molecule has 0 radical (unpaired) electrons. The first-order valence-corrected chi connectivity index (χ1v) is 9.53. The van der Waals surface area contributed by atoms with Crippen LogP contribution < -0.4 is 15.4 Å². The molecule has 28 heavy (non-hydrogen) atoms. The number of ether oxygens (including phenoxy) is 2. The normalized spacial score (nSPS) is 13.8. The van der Waals surface area contributed by atoms with Crippen LogP contribution in [0.4, 0.5) is 18.9 Å². The molecular weight excluding hydrogens is 393 g/mol. The van der Waals surface area contributed by atoms with Gasteiger partial charge in [0.25, 0.3) is 0 Å². The summed E-state index contributed by atoms with van der Waals surface area (Å²) in [5, 5.41) is 7.61. The monoisotopic (exact) mass is 416 g/mol. The van der Waals surface area contributed by atoms with E-state index in [2.05, 4.69) is 10.6 Å². The second kappa shape index (κ2) is 9.90. The highest BCUT2D eigenvalue weighted by Crippen LogP contribution is 2.35. The molecule has 1 heterocycles. The van der Waals surface area contributed by atoms with Gasteiger partial charge in [0.2, 0.25) is 5.91 Å². The van der Waals surface area contributed by atoms with E-state index < -0.39 is 23.7 Å². The maximum Gasteiger partial charge on any atom is 0.416 e. The summed E-state index contributed by atoms with van der Waals surface area (Å²) < 4.78 is 49.5. The Morgan fingerprint density at radius 3 is 2.57 bits per heavy atom. The highest BCUT2D eigenvalue weighted by atomic mass is 32.1. The summed E-state index contributed by atoms with van der Waals surface area (Å²) in [4.78, 5) is 13.6. The standard InChI is InChI=1S/C19H23F3N2O3S/c1-12(17-5-4-10-28-17)23-13(2)18(25)24-15-11-14(19(20,21)22)6-7-16(15)27-9-8-26-3/h4-7,10-13,23H,8-9H2,1-3H3,(H,24,25). The van der Waals surface area contributed by atoms with Gasteiger partial charge in [-0.1, -0.05) is 6.07 Å². The van der Waals surface area contributed by atoms with Gasteiger partial charge in [-0.3, -0.25) is 10.1 Å². The number of anilines is 1. The van der Waals surface area contributed by atoms with Crippen molar-refractivity contribution < 1.29 is 27.4 Å². The Balaban J connectivity index is 2.12. The minimum Gasteiger partial charge on any atom is -0.489 e. The smallest absolute Gasteiger partial charge is 0.416 e. The average Bonchev–Trinajstić information content (AvgIpc) is 3.17. The molecule has 1 aromatic carbocycles. The molecule has 2 N–H and O–H groups in total. The fourth-order valence-corrected chi connectivity index (χ4v) is 3.22. The molecule has 1 aromatic heterocycles. The third kappa shape index (κ3) is 6.22. The number of hydrogen-bond donors (Lipinski definition) is 2. The topological polar surface area (TPSA) is 59.6 Å². The number of nitrogens with one attached hydrogen (secondary N) is 2. The molecule has 1 amide bonds. The van der Waals surface area contributed by atoms with Crippen LogP contribution in [0.25, 0.3) is 0 Å². The molecule has 0 spiro atoms. The van der Waals surface area contributed by atoms with E-state index in [0.29, 0.717) is 0 Å². The zero-order valence-corrected chi connectivity index (χ0v) is 16.6. The maximum atomic E-state index is 13.0. The molecule has 0 aliphatic heterocycles. The van der Waals surface area contributed by atoms with Gasteiger partial charge in [-0.15, -0.1) is 11.3 Å². The summed E-state index contributed by atoms with van der Waals surface area (Å²) in [7, 11) is 1.49. The highest BCUT2D eigenvalue weighted by molar-refractivity contribution is 7.10. The van der Waals surface area contributed by atoms with Gasteiger partial charge in [0.05, 0.1) is 23.9 Å². The van der Waals surface area contributed by atoms with Gasteiger partial charge in [0.1, 0.15) is 12.4 Å². The molecule has 2 aromatic rings. The van der Waals surface area contributed by atoms with Gasteiger partial charge >= 0.3 is 6.18 Å². The Labute approximate surface area is 165 Å². The quantitative estimate of drug-likeness (QED) is 0.592. The summed E-state index contributed by atoms with van der Waals surface area (Å²) in [5.74, 6) is -0.309. The summed E-state index contributed by atoms with van der Waals surface area (Å²) in [6.07, 6.45) is -4.53. The van der Waals surface area contributed by atoms with E-state index in [1.54, 1.807) is 18.3 Å². The van der Waals surface area contributed by atoms with Crippen LogP contribution in [0.15, 0.2) is 35.7 Å². The first kappa shape index (κ1) is 22.2. The van der Waals surface area contributed by atoms with Crippen LogP contribution in [-0.2, 0) is 15.7 Å². The lowest BCUT2D eigenvalue weighted by molar-refractivity contribution is -0.137. The highest BCUT2D eigenvalue weighted by Gasteiger charge is 2.31. The van der Waals surface area contributed by atoms with Gasteiger partial charge in [-0.05, 0) is 43.5 Å². The lowest BCUT2D eigenvalue weighted by atomic mass is 10.1. The maximum absolute atomic E-state index is 13.0. The molecule has 0 fully saturated rings. The molecule has 9 heteroatoms. The van der Waals surface area contributed by atoms with Crippen LogP contribution in [-0.4, -0.2) is 32.3 Å². The minimum atomic E-state index is -4.53. The van der Waals surface area contributed by atoms with Crippen LogP contribution >= 0.6 is 11.3 Å². The summed E-state index contributed by atoms with van der Waals surface area (Å²) in [5.41, 5.74) is -0.900. The van der Waals surface area contributed by atoms with E-state index in [9.17, 15) is 18.0 Å². The van der Waals surface area contributed by atoms with Crippen molar-refractivity contribution in [2.75, 3.05) is 25.6 Å². The summed E-state index contributed by atoms with van der Waals surface area (Å²) in [6.45, 7) is 3.98. The Bertz CT molecular complexity index is 766. The lowest BCUT2D eigenvalue weighted by Crippen LogP contribution is -2.39. The van der Waals surface area contributed by atoms with E-state index in [1.165, 1.54) is 13.2 Å². The minimum absolute atomic E-state index is 0.0339. The summed E-state index contributed by atoms with van der Waals surface area (Å²) >= 11 is 1.56. The van der Waals surface area contributed by atoms with E-state index >= 15 is 0 Å². The Morgan fingerprint density at radius 1 is 1.21 bits per heavy atom. The second-order valence-electron chi connectivity index (χ2n) is 6.16. The van der Waals surface area contributed by atoms with E-state index in [0.717, 1.165) is 17.0 Å². The van der Waals surface area contributed by atoms with Gasteiger partial charge in [0, 0.05) is 18.0 Å². The first-order chi connectivity index (χ1) is 13.2. The fraction of sp³-hybridized carbons (Fsp3) is 0.421. The molecule has 2 atom stereocenters. The molecule has 0 aliphatic rings. The van der Waals surface area contributed by atoms with Crippen molar-refractivity contribution in [1.82, 2.24) is 5.32 Å². The lowest BCUT2D eigenvalue weighted by Gasteiger charge is -2.20. The van der Waals surface area contributed by atoms with Crippen molar-refractivity contribution in [3.05, 3.63) is 46.2 Å². The molecule has 154 valence electrons. The molecule has 2 rings (SSSR count). The zero-order valence-electron chi connectivity index (χ0n) is 15.8. The number of benzene rings is 1. The molecule has 5 nitrogen and oxygen atoms in total. The molecule has 2 unspecified atom stereocenters. The Hall–Kier alpha value is -2.10. The van der Waals surface area contributed by atoms with Crippen molar-refractivity contribution in [2.24, 2.45) is 0 Å². The van der Waals surface area contributed by atoms with Crippen molar-refractivity contribution in [1.29, 1.82) is 0 Å². The van der Waals surface area contributed by atoms with E-state index in [-0.39, 0.29) is 30.7 Å². The van der Waals surface area contributed by atoms with Gasteiger partial charge < -0.3 is 14.8 Å². The van der Waals surface area contributed by atoms with E-state index in [1.807, 2.05) is 24.4 Å². The van der Waals surface area contributed by atoms with Crippen molar-refractivity contribution in [3.63, 3.8) is 0 Å². The Morgan fingerprint density at radius 2 is 1.96 bits per heavy atom. The summed E-state index contributed by atoms with van der Waals surface area (Å²) in [6, 6.07) is 6.14. The Kier molecular flexibility index (Phi) is 7.85. The number of methoxy groups -OCH3 is 1. The number of alkyl halides is 3. The number of amides is 1. The predicted molar refractivity (Wildman–Crippen MR) is 103 cm³/mol. The number of carbonyl (C=O) groups is 1. The largest absolute Gasteiger partial charge is 0.489 e. The van der Waals surface area contributed by atoms with Crippen molar-refractivity contribution >= 4 is 22.9 Å². The van der Waals surface area contributed by atoms with Gasteiger partial charge in [-0.2, -0.15) is 13.2 Å². The third-order valence-corrected chi connectivity index (χ3v) is 5.03. The van der Waals surface area contributed by atoms with Crippen LogP contribution in [0.3, 0.4) is 0 Å². The van der Waals surface area contributed by atoms with Gasteiger partial charge in [-0.25, -0.2) is 0 Å². The third-order valence-electron chi connectivity index (χ3n) is 3.97. The number of thiophene rings is 1. The molecular formula is C19H23F3N2O3S. The fourth-order valence-electron chi connectivity index (χ4n) is 2.48. The number of carbonyl (C=O) groups excluding carboxylic acids is 1. The SMILES string of the molecule is COCCOc1ccc(C(F)(F)F)cc1NC(=O)C(C)NC(C)c1cccs1. The first-order valence-electron chi connectivity index (χ1n) is 8.65. The van der Waals surface area contributed by atoms with Crippen LogP contribution in [0.2, 0.25) is 0 Å². The molecule has 0 aliphatic carbocycles.